The van der Waals surface area contributed by atoms with Crippen molar-refractivity contribution in [3.05, 3.63) is 102 Å². The summed E-state index contributed by atoms with van der Waals surface area (Å²) in [7, 11) is 0. The van der Waals surface area contributed by atoms with E-state index in [0.717, 1.165) is 40.9 Å². The maximum atomic E-state index is 13.2. The molecule has 0 radical (unpaired) electrons. The maximum absolute atomic E-state index is 13.2. The normalized spacial score (nSPS) is 20.6. The Bertz CT molecular complexity index is 864. The minimum absolute atomic E-state index is 0.0165. The molecular formula is C23H27FN4. The van der Waals surface area contributed by atoms with Gasteiger partial charge in [0, 0.05) is 12.2 Å². The molecule has 1 aromatic rings. The van der Waals surface area contributed by atoms with Crippen molar-refractivity contribution in [3.8, 4) is 0 Å². The molecule has 5 heteroatoms. The van der Waals surface area contributed by atoms with Crippen molar-refractivity contribution in [1.29, 1.82) is 0 Å². The van der Waals surface area contributed by atoms with Gasteiger partial charge in [-0.1, -0.05) is 49.1 Å². The number of hydrogen-bond donors (Lipinski definition) is 3. The highest BCUT2D eigenvalue weighted by Crippen LogP contribution is 2.24. The average Bonchev–Trinajstić information content (AvgIpc) is 2.66. The number of nitrogens with one attached hydrogen (secondary N) is 1. The van der Waals surface area contributed by atoms with Crippen LogP contribution in [-0.4, -0.2) is 12.5 Å². The topological polar surface area (TPSA) is 76.4 Å². The lowest BCUT2D eigenvalue weighted by Gasteiger charge is -2.15. The monoisotopic (exact) mass is 378 g/mol. The van der Waals surface area contributed by atoms with Crippen molar-refractivity contribution < 1.29 is 4.39 Å². The molecule has 4 nitrogen and oxygen atoms in total. The Kier molecular flexibility index (Phi) is 8.03. The molecule has 1 aromatic carbocycles. The second-order valence-electron chi connectivity index (χ2n) is 6.26. The minimum atomic E-state index is -0.251. The number of benzene rings is 1. The van der Waals surface area contributed by atoms with E-state index in [0.29, 0.717) is 6.54 Å². The lowest BCUT2D eigenvalue weighted by atomic mass is 9.98. The first-order valence-corrected chi connectivity index (χ1v) is 9.18. The Morgan fingerprint density at radius 1 is 1.25 bits per heavy atom. The molecule has 0 saturated heterocycles. The van der Waals surface area contributed by atoms with Crippen molar-refractivity contribution in [3.63, 3.8) is 0 Å². The first kappa shape index (κ1) is 21.0. The van der Waals surface area contributed by atoms with Gasteiger partial charge in [-0.25, -0.2) is 9.38 Å². The van der Waals surface area contributed by atoms with Gasteiger partial charge in [-0.3, -0.25) is 0 Å². The van der Waals surface area contributed by atoms with Gasteiger partial charge in [-0.05, 0) is 60.8 Å². The second-order valence-corrected chi connectivity index (χ2v) is 6.26. The molecule has 0 atom stereocenters. The maximum Gasteiger partial charge on any atom is 0.191 e. The number of nitrogens with two attached hydrogens (primary N) is 2. The smallest absolute Gasteiger partial charge is 0.191 e. The fraction of sp³-hybridized carbons (Fsp3) is 0.174. The summed E-state index contributed by atoms with van der Waals surface area (Å²) < 4.78 is 13.2. The van der Waals surface area contributed by atoms with Crippen LogP contribution in [0.3, 0.4) is 0 Å². The number of hydrogen-bond acceptors (Lipinski definition) is 2. The largest absolute Gasteiger partial charge is 0.381 e. The van der Waals surface area contributed by atoms with Crippen LogP contribution >= 0.6 is 0 Å². The molecular weight excluding hydrogens is 351 g/mol. The van der Waals surface area contributed by atoms with Crippen LogP contribution in [0.5, 0.6) is 0 Å². The fourth-order valence-corrected chi connectivity index (χ4v) is 2.81. The highest BCUT2D eigenvalue weighted by molar-refractivity contribution is 5.78. The van der Waals surface area contributed by atoms with E-state index in [-0.39, 0.29) is 11.8 Å². The SMILES string of the molecule is C=C/C=C\C(=C/C)NC/C1=C(N=C(N)N)/C=C\C(c2ccc(F)cc2)=C/CC1. The zero-order valence-electron chi connectivity index (χ0n) is 16.2. The summed E-state index contributed by atoms with van der Waals surface area (Å²) in [6, 6.07) is 6.45. The standard InChI is InChI=1S/C23H27FN4/c1-3-5-9-21(4-2)27-16-19-8-6-7-17(12-15-22(19)28-23(25)26)18-10-13-20(24)14-11-18/h3-5,7,9-15,27H,1,6,8,16H2,2H3,(H4,25,26,28)/b9-5-,15-12-,17-7+,21-4+,22-19-. The van der Waals surface area contributed by atoms with Gasteiger partial charge in [-0.15, -0.1) is 0 Å². The Morgan fingerprint density at radius 2 is 2.00 bits per heavy atom. The van der Waals surface area contributed by atoms with E-state index >= 15 is 0 Å². The third kappa shape index (κ3) is 6.43. The Labute approximate surface area is 166 Å². The third-order valence-corrected chi connectivity index (χ3v) is 4.25. The second kappa shape index (κ2) is 10.7. The molecule has 28 heavy (non-hydrogen) atoms. The van der Waals surface area contributed by atoms with Gasteiger partial charge < -0.3 is 16.8 Å². The molecule has 0 spiro atoms. The minimum Gasteiger partial charge on any atom is -0.381 e. The molecule has 0 saturated carbocycles. The van der Waals surface area contributed by atoms with Crippen LogP contribution in [0.4, 0.5) is 4.39 Å². The van der Waals surface area contributed by atoms with Crippen molar-refractivity contribution in [2.45, 2.75) is 19.8 Å². The lowest BCUT2D eigenvalue weighted by Crippen LogP contribution is -2.23. The molecule has 0 amide bonds. The van der Waals surface area contributed by atoms with E-state index in [1.54, 1.807) is 18.2 Å². The first-order chi connectivity index (χ1) is 13.5. The first-order valence-electron chi connectivity index (χ1n) is 9.18. The molecule has 2 rings (SSSR count). The molecule has 5 N–H and O–H groups in total. The lowest BCUT2D eigenvalue weighted by molar-refractivity contribution is 0.627. The molecule has 0 heterocycles. The Morgan fingerprint density at radius 3 is 2.64 bits per heavy atom. The average molecular weight is 378 g/mol. The van der Waals surface area contributed by atoms with Gasteiger partial charge >= 0.3 is 0 Å². The summed E-state index contributed by atoms with van der Waals surface area (Å²) in [5.74, 6) is -0.234. The van der Waals surface area contributed by atoms with Gasteiger partial charge in [0.25, 0.3) is 0 Å². The van der Waals surface area contributed by atoms with E-state index in [2.05, 4.69) is 23.0 Å². The van der Waals surface area contributed by atoms with Gasteiger partial charge in [-0.2, -0.15) is 0 Å². The van der Waals surface area contributed by atoms with Crippen LogP contribution in [0.1, 0.15) is 25.3 Å². The van der Waals surface area contributed by atoms with Crippen molar-refractivity contribution in [2.75, 3.05) is 6.54 Å². The number of nitrogens with zero attached hydrogens (tertiary/aromatic N) is 1. The Balaban J connectivity index is 2.28. The Hall–Kier alpha value is -3.34. The highest BCUT2D eigenvalue weighted by atomic mass is 19.1. The number of rotatable bonds is 7. The van der Waals surface area contributed by atoms with Crippen LogP contribution < -0.4 is 16.8 Å². The van der Waals surface area contributed by atoms with E-state index in [4.69, 9.17) is 11.5 Å². The molecule has 0 aliphatic heterocycles. The zero-order valence-corrected chi connectivity index (χ0v) is 16.2. The third-order valence-electron chi connectivity index (χ3n) is 4.25. The molecule has 0 unspecified atom stereocenters. The molecule has 146 valence electrons. The van der Waals surface area contributed by atoms with Crippen molar-refractivity contribution in [2.24, 2.45) is 16.5 Å². The van der Waals surface area contributed by atoms with Gasteiger partial charge in [0.2, 0.25) is 0 Å². The summed E-state index contributed by atoms with van der Waals surface area (Å²) in [6.07, 6.45) is 15.2. The summed E-state index contributed by atoms with van der Waals surface area (Å²) in [4.78, 5) is 4.31. The summed E-state index contributed by atoms with van der Waals surface area (Å²) >= 11 is 0. The fourth-order valence-electron chi connectivity index (χ4n) is 2.81. The van der Waals surface area contributed by atoms with Crippen LogP contribution in [0.15, 0.2) is 95.3 Å². The molecule has 1 aliphatic rings. The van der Waals surface area contributed by atoms with E-state index in [9.17, 15) is 4.39 Å². The van der Waals surface area contributed by atoms with Gasteiger partial charge in [0.05, 0.1) is 5.70 Å². The summed E-state index contributed by atoms with van der Waals surface area (Å²) in [6.45, 7) is 6.28. The van der Waals surface area contributed by atoms with Crippen molar-refractivity contribution >= 4 is 11.5 Å². The molecule has 0 fully saturated rings. The van der Waals surface area contributed by atoms with E-state index in [1.807, 2.05) is 37.3 Å². The molecule has 0 bridgehead atoms. The van der Waals surface area contributed by atoms with Crippen LogP contribution in [0.25, 0.3) is 5.57 Å². The quantitative estimate of drug-likeness (QED) is 0.376. The molecule has 0 aromatic heterocycles. The van der Waals surface area contributed by atoms with E-state index in [1.165, 1.54) is 12.1 Å². The highest BCUT2D eigenvalue weighted by Gasteiger charge is 2.09. The summed E-state index contributed by atoms with van der Waals surface area (Å²) in [5, 5.41) is 3.40. The summed E-state index contributed by atoms with van der Waals surface area (Å²) in [5.41, 5.74) is 16.1. The number of allylic oxidation sites excluding steroid dienone is 8. The van der Waals surface area contributed by atoms with Crippen LogP contribution in [-0.2, 0) is 0 Å². The number of aliphatic imine (C=N–C) groups is 1. The number of guanidine groups is 1. The van der Waals surface area contributed by atoms with Crippen LogP contribution in [0.2, 0.25) is 0 Å². The van der Waals surface area contributed by atoms with Crippen molar-refractivity contribution in [1.82, 2.24) is 5.32 Å². The van der Waals surface area contributed by atoms with E-state index < -0.39 is 0 Å². The molecule has 1 aliphatic carbocycles. The predicted octanol–water partition coefficient (Wildman–Crippen LogP) is 4.32. The number of halogens is 1. The van der Waals surface area contributed by atoms with Gasteiger partial charge in [0.15, 0.2) is 5.96 Å². The van der Waals surface area contributed by atoms with Gasteiger partial charge in [0.1, 0.15) is 5.82 Å². The zero-order chi connectivity index (χ0) is 20.4. The predicted molar refractivity (Wildman–Crippen MR) is 117 cm³/mol. The van der Waals surface area contributed by atoms with Crippen LogP contribution in [0, 0.1) is 5.82 Å².